The molecule has 0 saturated carbocycles. The second-order valence-electron chi connectivity index (χ2n) is 4.26. The van der Waals surface area contributed by atoms with Crippen molar-refractivity contribution < 1.29 is 4.79 Å². The second kappa shape index (κ2) is 6.43. The predicted molar refractivity (Wildman–Crippen MR) is 91.4 cm³/mol. The molecule has 2 aromatic rings. The minimum Gasteiger partial charge on any atom is -0.321 e. The Morgan fingerprint density at radius 2 is 2.00 bits per heavy atom. The van der Waals surface area contributed by atoms with E-state index in [0.717, 1.165) is 5.69 Å². The number of hydrogen-bond donors (Lipinski definition) is 1. The monoisotopic (exact) mass is 341 g/mol. The number of rotatable bonds is 3. The SMILES string of the molecule is O=C(Nc1cccc(C2SCCS2)c1)c1ccc(Cl)s1. The van der Waals surface area contributed by atoms with Crippen LogP contribution in [0.25, 0.3) is 0 Å². The summed E-state index contributed by atoms with van der Waals surface area (Å²) >= 11 is 11.1. The van der Waals surface area contributed by atoms with Crippen LogP contribution in [0.15, 0.2) is 36.4 Å². The Morgan fingerprint density at radius 1 is 1.20 bits per heavy atom. The highest BCUT2D eigenvalue weighted by molar-refractivity contribution is 8.19. The summed E-state index contributed by atoms with van der Waals surface area (Å²) in [5, 5.41) is 2.93. The van der Waals surface area contributed by atoms with Crippen molar-refractivity contribution in [3.05, 3.63) is 51.2 Å². The van der Waals surface area contributed by atoms with Gasteiger partial charge < -0.3 is 5.32 Å². The van der Waals surface area contributed by atoms with Gasteiger partial charge in [-0.05, 0) is 29.8 Å². The quantitative estimate of drug-likeness (QED) is 0.838. The van der Waals surface area contributed by atoms with E-state index in [1.807, 2.05) is 35.7 Å². The van der Waals surface area contributed by atoms with Crippen LogP contribution in [0.4, 0.5) is 5.69 Å². The topological polar surface area (TPSA) is 29.1 Å². The first-order valence-corrected chi connectivity index (χ1v) is 9.41. The van der Waals surface area contributed by atoms with Crippen molar-refractivity contribution in [1.82, 2.24) is 0 Å². The summed E-state index contributed by atoms with van der Waals surface area (Å²) in [6.45, 7) is 0. The van der Waals surface area contributed by atoms with Gasteiger partial charge in [0.15, 0.2) is 0 Å². The Morgan fingerprint density at radius 3 is 2.70 bits per heavy atom. The van der Waals surface area contributed by atoms with Crippen LogP contribution in [0, 0.1) is 0 Å². The summed E-state index contributed by atoms with van der Waals surface area (Å²) in [6.07, 6.45) is 0. The zero-order valence-electron chi connectivity index (χ0n) is 10.5. The number of carbonyl (C=O) groups excluding carboxylic acids is 1. The van der Waals surface area contributed by atoms with Gasteiger partial charge in [-0.3, -0.25) is 4.79 Å². The fraction of sp³-hybridized carbons (Fsp3) is 0.214. The maximum atomic E-state index is 12.1. The molecule has 0 aliphatic carbocycles. The largest absolute Gasteiger partial charge is 0.321 e. The summed E-state index contributed by atoms with van der Waals surface area (Å²) in [5.41, 5.74) is 2.10. The van der Waals surface area contributed by atoms with E-state index in [2.05, 4.69) is 17.4 Å². The average molecular weight is 342 g/mol. The van der Waals surface area contributed by atoms with Gasteiger partial charge in [-0.15, -0.1) is 34.9 Å². The fourth-order valence-electron chi connectivity index (χ4n) is 1.94. The van der Waals surface area contributed by atoms with Crippen LogP contribution in [-0.2, 0) is 0 Å². The van der Waals surface area contributed by atoms with E-state index < -0.39 is 0 Å². The molecule has 0 atom stereocenters. The van der Waals surface area contributed by atoms with Gasteiger partial charge in [-0.25, -0.2) is 0 Å². The first-order valence-electron chi connectivity index (χ1n) is 6.12. The van der Waals surface area contributed by atoms with Gasteiger partial charge in [0.1, 0.15) is 0 Å². The average Bonchev–Trinajstić information content (AvgIpc) is 3.10. The second-order valence-corrected chi connectivity index (χ2v) is 8.70. The molecular weight excluding hydrogens is 330 g/mol. The molecule has 0 spiro atoms. The van der Waals surface area contributed by atoms with Crippen molar-refractivity contribution in [2.24, 2.45) is 0 Å². The lowest BCUT2D eigenvalue weighted by molar-refractivity contribution is 0.103. The van der Waals surface area contributed by atoms with E-state index in [1.165, 1.54) is 28.4 Å². The van der Waals surface area contributed by atoms with E-state index in [4.69, 9.17) is 11.6 Å². The molecule has 2 nitrogen and oxygen atoms in total. The zero-order valence-corrected chi connectivity index (χ0v) is 13.7. The molecule has 1 aliphatic heterocycles. The van der Waals surface area contributed by atoms with Gasteiger partial charge in [0, 0.05) is 17.2 Å². The van der Waals surface area contributed by atoms with Crippen molar-refractivity contribution >= 4 is 58.1 Å². The van der Waals surface area contributed by atoms with Crippen molar-refractivity contribution in [1.29, 1.82) is 0 Å². The third-order valence-corrected chi connectivity index (χ3v) is 7.17. The van der Waals surface area contributed by atoms with Crippen LogP contribution >= 0.6 is 46.5 Å². The van der Waals surface area contributed by atoms with Gasteiger partial charge in [-0.1, -0.05) is 23.7 Å². The number of amides is 1. The Balaban J connectivity index is 1.74. The molecule has 104 valence electrons. The highest BCUT2D eigenvalue weighted by Crippen LogP contribution is 2.45. The highest BCUT2D eigenvalue weighted by atomic mass is 35.5. The molecule has 1 aromatic heterocycles. The molecule has 1 fully saturated rings. The van der Waals surface area contributed by atoms with E-state index in [9.17, 15) is 4.79 Å². The van der Waals surface area contributed by atoms with Gasteiger partial charge in [0.2, 0.25) is 0 Å². The Kier molecular flexibility index (Phi) is 4.61. The maximum Gasteiger partial charge on any atom is 0.265 e. The number of thiophene rings is 1. The van der Waals surface area contributed by atoms with Crippen LogP contribution < -0.4 is 5.32 Å². The summed E-state index contributed by atoms with van der Waals surface area (Å²) in [4.78, 5) is 12.7. The molecule has 2 heterocycles. The summed E-state index contributed by atoms with van der Waals surface area (Å²) < 4.78 is 1.12. The number of anilines is 1. The molecule has 6 heteroatoms. The van der Waals surface area contributed by atoms with E-state index >= 15 is 0 Å². The minimum absolute atomic E-state index is 0.106. The number of carbonyl (C=O) groups is 1. The van der Waals surface area contributed by atoms with Crippen LogP contribution in [0.5, 0.6) is 0 Å². The number of halogens is 1. The summed E-state index contributed by atoms with van der Waals surface area (Å²) in [6, 6.07) is 11.6. The molecule has 1 N–H and O–H groups in total. The first-order chi connectivity index (χ1) is 9.72. The van der Waals surface area contributed by atoms with Crippen molar-refractivity contribution in [2.45, 2.75) is 4.58 Å². The standard InChI is InChI=1S/C14H12ClNOS3/c15-12-5-4-11(20-12)13(17)16-10-3-1-2-9(8-10)14-18-6-7-19-14/h1-5,8,14H,6-7H2,(H,16,17). The zero-order chi connectivity index (χ0) is 13.9. The van der Waals surface area contributed by atoms with Crippen molar-refractivity contribution in [2.75, 3.05) is 16.8 Å². The van der Waals surface area contributed by atoms with Crippen LogP contribution in [0.1, 0.15) is 19.8 Å². The Hall–Kier alpha value is -0.620. The molecule has 1 amide bonds. The molecule has 20 heavy (non-hydrogen) atoms. The van der Waals surface area contributed by atoms with E-state index in [-0.39, 0.29) is 5.91 Å². The molecule has 1 saturated heterocycles. The normalized spacial score (nSPS) is 15.4. The molecular formula is C14H12ClNOS3. The van der Waals surface area contributed by atoms with Crippen LogP contribution in [0.3, 0.4) is 0 Å². The predicted octanol–water partition coefficient (Wildman–Crippen LogP) is 5.13. The molecule has 1 aromatic carbocycles. The van der Waals surface area contributed by atoms with Gasteiger partial charge in [0.05, 0.1) is 13.8 Å². The lowest BCUT2D eigenvalue weighted by Gasteiger charge is -2.10. The maximum absolute atomic E-state index is 12.1. The van der Waals surface area contributed by atoms with Gasteiger partial charge in [0.25, 0.3) is 5.91 Å². The minimum atomic E-state index is -0.106. The Labute approximate surface area is 135 Å². The van der Waals surface area contributed by atoms with Crippen molar-refractivity contribution in [3.63, 3.8) is 0 Å². The van der Waals surface area contributed by atoms with Crippen LogP contribution in [0.2, 0.25) is 4.34 Å². The lowest BCUT2D eigenvalue weighted by Crippen LogP contribution is -2.10. The number of thioether (sulfide) groups is 2. The Bertz CT molecular complexity index is 622. The fourth-order valence-corrected chi connectivity index (χ4v) is 5.72. The number of benzene rings is 1. The van der Waals surface area contributed by atoms with Gasteiger partial charge >= 0.3 is 0 Å². The van der Waals surface area contributed by atoms with Crippen LogP contribution in [-0.4, -0.2) is 17.4 Å². The molecule has 3 rings (SSSR count). The van der Waals surface area contributed by atoms with E-state index in [0.29, 0.717) is 13.8 Å². The third-order valence-electron chi connectivity index (χ3n) is 2.84. The molecule has 1 aliphatic rings. The molecule has 0 unspecified atom stereocenters. The van der Waals surface area contributed by atoms with E-state index in [1.54, 1.807) is 12.1 Å². The summed E-state index contributed by atoms with van der Waals surface area (Å²) in [7, 11) is 0. The van der Waals surface area contributed by atoms with Crippen molar-refractivity contribution in [3.8, 4) is 0 Å². The number of nitrogens with one attached hydrogen (secondary N) is 1. The molecule has 0 radical (unpaired) electrons. The first kappa shape index (κ1) is 14.3. The smallest absolute Gasteiger partial charge is 0.265 e. The molecule has 0 bridgehead atoms. The summed E-state index contributed by atoms with van der Waals surface area (Å²) in [5.74, 6) is 2.28. The lowest BCUT2D eigenvalue weighted by atomic mass is 10.2. The third kappa shape index (κ3) is 3.34. The number of hydrogen-bond acceptors (Lipinski definition) is 4. The van der Waals surface area contributed by atoms with Gasteiger partial charge in [-0.2, -0.15) is 0 Å². The highest BCUT2D eigenvalue weighted by Gasteiger charge is 2.18.